The molecule has 158 valence electrons. The molecule has 4 heterocycles. The van der Waals surface area contributed by atoms with E-state index in [0.29, 0.717) is 35.6 Å². The Morgan fingerprint density at radius 3 is 2.97 bits per heavy atom. The third-order valence-electron chi connectivity index (χ3n) is 5.49. The van der Waals surface area contributed by atoms with E-state index in [9.17, 15) is 4.79 Å². The van der Waals surface area contributed by atoms with Crippen molar-refractivity contribution < 1.29 is 14.3 Å². The van der Waals surface area contributed by atoms with Crippen LogP contribution in [-0.2, 0) is 17.6 Å². The maximum atomic E-state index is 12.5. The number of anilines is 1. The molecule has 1 aliphatic carbocycles. The number of hydrogen-bond donors (Lipinski definition) is 1. The summed E-state index contributed by atoms with van der Waals surface area (Å²) < 4.78 is 13.0. The third-order valence-corrected chi connectivity index (χ3v) is 7.63. The molecule has 0 saturated carbocycles. The van der Waals surface area contributed by atoms with Crippen LogP contribution < -0.4 is 14.8 Å². The summed E-state index contributed by atoms with van der Waals surface area (Å²) in [7, 11) is 0. The number of benzene rings is 1. The average molecular weight is 454 g/mol. The molecule has 0 atom stereocenters. The highest BCUT2D eigenvalue weighted by Gasteiger charge is 2.21. The van der Waals surface area contributed by atoms with E-state index < -0.39 is 0 Å². The van der Waals surface area contributed by atoms with E-state index in [1.54, 1.807) is 23.7 Å². The lowest BCUT2D eigenvalue weighted by molar-refractivity contribution is -0.113. The number of rotatable bonds is 4. The molecule has 6 rings (SSSR count). The van der Waals surface area contributed by atoms with Crippen molar-refractivity contribution in [1.29, 1.82) is 0 Å². The van der Waals surface area contributed by atoms with Crippen molar-refractivity contribution in [3.05, 3.63) is 35.0 Å². The van der Waals surface area contributed by atoms with Gasteiger partial charge in [0.15, 0.2) is 22.3 Å². The number of thiophene rings is 1. The molecule has 0 saturated heterocycles. The fraction of sp³-hybridized carbons (Fsp3) is 0.333. The molecule has 3 aromatic heterocycles. The number of nitrogens with zero attached hydrogens (tertiary/aromatic N) is 4. The molecule has 10 heteroatoms. The largest absolute Gasteiger partial charge is 0.486 e. The maximum Gasteiger partial charge on any atom is 0.234 e. The lowest BCUT2D eigenvalue weighted by Crippen LogP contribution is -2.17. The van der Waals surface area contributed by atoms with E-state index in [1.165, 1.54) is 35.0 Å². The fourth-order valence-corrected chi connectivity index (χ4v) is 6.01. The smallest absolute Gasteiger partial charge is 0.234 e. The normalized spacial score (nSPS) is 15.2. The van der Waals surface area contributed by atoms with Crippen LogP contribution in [0.25, 0.3) is 15.9 Å². The van der Waals surface area contributed by atoms with E-state index in [2.05, 4.69) is 20.5 Å². The van der Waals surface area contributed by atoms with Gasteiger partial charge in [-0.3, -0.25) is 9.20 Å². The van der Waals surface area contributed by atoms with Gasteiger partial charge in [0.25, 0.3) is 0 Å². The molecule has 1 N–H and O–H groups in total. The van der Waals surface area contributed by atoms with Crippen LogP contribution in [0.2, 0.25) is 0 Å². The molecule has 4 aromatic rings. The van der Waals surface area contributed by atoms with Crippen molar-refractivity contribution in [2.75, 3.05) is 24.3 Å². The number of aryl methyl sites for hydroxylation is 2. The number of hydrogen-bond acceptors (Lipinski definition) is 8. The first-order chi connectivity index (χ1) is 15.3. The molecule has 31 heavy (non-hydrogen) atoms. The summed E-state index contributed by atoms with van der Waals surface area (Å²) in [5.74, 6) is 1.44. The number of nitrogens with one attached hydrogen (secondary N) is 1. The first-order valence-electron chi connectivity index (χ1n) is 10.2. The van der Waals surface area contributed by atoms with Gasteiger partial charge in [-0.2, -0.15) is 0 Å². The first kappa shape index (κ1) is 18.9. The fourth-order valence-electron chi connectivity index (χ4n) is 4.08. The van der Waals surface area contributed by atoms with Gasteiger partial charge in [0.05, 0.1) is 11.1 Å². The predicted molar refractivity (Wildman–Crippen MR) is 120 cm³/mol. The Balaban J connectivity index is 1.20. The highest BCUT2D eigenvalue weighted by molar-refractivity contribution is 7.99. The van der Waals surface area contributed by atoms with Gasteiger partial charge in [-0.05, 0) is 43.4 Å². The zero-order valence-electron chi connectivity index (χ0n) is 16.6. The van der Waals surface area contributed by atoms with E-state index in [0.717, 1.165) is 28.7 Å². The minimum atomic E-state index is -0.125. The summed E-state index contributed by atoms with van der Waals surface area (Å²) in [6.07, 6.45) is 6.40. The van der Waals surface area contributed by atoms with Crippen molar-refractivity contribution in [2.24, 2.45) is 0 Å². The molecule has 8 nitrogen and oxygen atoms in total. The Labute approximate surface area is 186 Å². The van der Waals surface area contributed by atoms with E-state index in [1.807, 2.05) is 16.5 Å². The molecule has 0 spiro atoms. The number of fused-ring (bicyclic) bond motifs is 6. The molecule has 0 radical (unpaired) electrons. The molecule has 0 bridgehead atoms. The first-order valence-corrected chi connectivity index (χ1v) is 12.0. The lowest BCUT2D eigenvalue weighted by Gasteiger charge is -2.18. The molecular weight excluding hydrogens is 434 g/mol. The Morgan fingerprint density at radius 1 is 1.16 bits per heavy atom. The van der Waals surface area contributed by atoms with E-state index >= 15 is 0 Å². The minimum absolute atomic E-state index is 0.125. The van der Waals surface area contributed by atoms with E-state index in [4.69, 9.17) is 9.47 Å². The van der Waals surface area contributed by atoms with Gasteiger partial charge in [-0.1, -0.05) is 11.8 Å². The van der Waals surface area contributed by atoms with Gasteiger partial charge in [0, 0.05) is 16.6 Å². The summed E-state index contributed by atoms with van der Waals surface area (Å²) >= 11 is 3.12. The Morgan fingerprint density at radius 2 is 2.03 bits per heavy atom. The van der Waals surface area contributed by atoms with Crippen LogP contribution in [0.1, 0.15) is 23.3 Å². The topological polar surface area (TPSA) is 90.6 Å². The summed E-state index contributed by atoms with van der Waals surface area (Å²) in [4.78, 5) is 19.6. The third kappa shape index (κ3) is 3.39. The second-order valence-electron chi connectivity index (χ2n) is 7.51. The summed E-state index contributed by atoms with van der Waals surface area (Å²) in [6.45, 7) is 1.05. The SMILES string of the molecule is O=C(CSc1nnc2c3c4c(sc3ncn12)CCCC4)Nc1ccc2c(c1)OCCO2. The van der Waals surface area contributed by atoms with Crippen LogP contribution in [-0.4, -0.2) is 44.5 Å². The number of thioether (sulfide) groups is 1. The Bertz CT molecular complexity index is 1320. The quantitative estimate of drug-likeness (QED) is 0.471. The van der Waals surface area contributed by atoms with Crippen LogP contribution in [0.4, 0.5) is 5.69 Å². The number of carbonyl (C=O) groups is 1. The molecular formula is C21H19N5O3S2. The van der Waals surface area contributed by atoms with Crippen molar-refractivity contribution in [2.45, 2.75) is 30.8 Å². The van der Waals surface area contributed by atoms with Crippen LogP contribution in [0.3, 0.4) is 0 Å². The van der Waals surface area contributed by atoms with Crippen molar-refractivity contribution >= 4 is 50.6 Å². The molecule has 0 unspecified atom stereocenters. The average Bonchev–Trinajstić information content (AvgIpc) is 3.38. The summed E-state index contributed by atoms with van der Waals surface area (Å²) in [5, 5.41) is 13.5. The lowest BCUT2D eigenvalue weighted by atomic mass is 9.97. The van der Waals surface area contributed by atoms with Crippen LogP contribution in [0, 0.1) is 0 Å². The van der Waals surface area contributed by atoms with Gasteiger partial charge in [0.2, 0.25) is 5.91 Å². The number of ether oxygens (including phenoxy) is 2. The zero-order valence-corrected chi connectivity index (χ0v) is 18.2. The zero-order chi connectivity index (χ0) is 20.8. The molecule has 0 fully saturated rings. The van der Waals surface area contributed by atoms with Crippen molar-refractivity contribution in [3.8, 4) is 11.5 Å². The second kappa shape index (κ2) is 7.69. The molecule has 1 aromatic carbocycles. The molecule has 1 aliphatic heterocycles. The summed E-state index contributed by atoms with van der Waals surface area (Å²) in [5.41, 5.74) is 2.89. The van der Waals surface area contributed by atoms with Crippen LogP contribution in [0.5, 0.6) is 11.5 Å². The second-order valence-corrected chi connectivity index (χ2v) is 9.53. The Hall–Kier alpha value is -2.85. The van der Waals surface area contributed by atoms with Crippen LogP contribution in [0.15, 0.2) is 29.7 Å². The highest BCUT2D eigenvalue weighted by Crippen LogP contribution is 2.37. The molecule has 1 amide bonds. The van der Waals surface area contributed by atoms with Gasteiger partial charge in [0.1, 0.15) is 24.4 Å². The standard InChI is InChI=1S/C21H19N5O3S2/c27-17(23-12-5-6-14-15(9-12)29-8-7-28-14)10-30-21-25-24-19-18-13-3-1-2-4-16(13)31-20(18)22-11-26(19)21/h5-6,9,11H,1-4,7-8,10H2,(H,23,27). The van der Waals surface area contributed by atoms with Gasteiger partial charge in [-0.25, -0.2) is 4.98 Å². The number of amides is 1. The van der Waals surface area contributed by atoms with Crippen molar-refractivity contribution in [1.82, 2.24) is 19.6 Å². The predicted octanol–water partition coefficient (Wildman–Crippen LogP) is 3.72. The van der Waals surface area contributed by atoms with Crippen LogP contribution >= 0.6 is 23.1 Å². The van der Waals surface area contributed by atoms with Gasteiger partial charge >= 0.3 is 0 Å². The van der Waals surface area contributed by atoms with Gasteiger partial charge in [-0.15, -0.1) is 21.5 Å². The maximum absolute atomic E-state index is 12.5. The summed E-state index contributed by atoms with van der Waals surface area (Å²) in [6, 6.07) is 5.40. The van der Waals surface area contributed by atoms with Crippen molar-refractivity contribution in [3.63, 3.8) is 0 Å². The highest BCUT2D eigenvalue weighted by atomic mass is 32.2. The number of aromatic nitrogens is 4. The van der Waals surface area contributed by atoms with Gasteiger partial charge < -0.3 is 14.8 Å². The van der Waals surface area contributed by atoms with E-state index in [-0.39, 0.29) is 11.7 Å². The monoisotopic (exact) mass is 453 g/mol. The Kier molecular flexibility index (Phi) is 4.68. The minimum Gasteiger partial charge on any atom is -0.486 e. The molecule has 2 aliphatic rings. The number of carbonyl (C=O) groups excluding carboxylic acids is 1.